The van der Waals surface area contributed by atoms with Gasteiger partial charge in [-0.1, -0.05) is 13.8 Å². The summed E-state index contributed by atoms with van der Waals surface area (Å²) in [6.07, 6.45) is -0.676. The van der Waals surface area contributed by atoms with Gasteiger partial charge in [0.15, 0.2) is 11.5 Å². The molecule has 0 aromatic carbocycles. The van der Waals surface area contributed by atoms with Crippen LogP contribution in [-0.4, -0.2) is 65.4 Å². The van der Waals surface area contributed by atoms with E-state index in [4.69, 9.17) is 0 Å². The summed E-state index contributed by atoms with van der Waals surface area (Å²) in [4.78, 5) is 23.0. The van der Waals surface area contributed by atoms with Crippen molar-refractivity contribution in [2.45, 2.75) is 45.5 Å². The zero-order valence-electron chi connectivity index (χ0n) is 20.6. The Labute approximate surface area is 213 Å². The van der Waals surface area contributed by atoms with Crippen molar-refractivity contribution >= 4 is 22.5 Å². The zero-order chi connectivity index (χ0) is 27.4. The first-order valence-corrected chi connectivity index (χ1v) is 12.1. The van der Waals surface area contributed by atoms with Crippen molar-refractivity contribution in [3.05, 3.63) is 48.1 Å². The number of likely N-dealkylation sites (tertiary alicyclic amines) is 1. The molecule has 5 rings (SSSR count). The van der Waals surface area contributed by atoms with E-state index in [0.29, 0.717) is 36.2 Å². The smallest absolute Gasteiger partial charge is 0.393 e. The van der Waals surface area contributed by atoms with Crippen LogP contribution in [0.3, 0.4) is 0 Å². The van der Waals surface area contributed by atoms with Crippen molar-refractivity contribution in [1.82, 2.24) is 29.0 Å². The van der Waals surface area contributed by atoms with Crippen LogP contribution in [0.25, 0.3) is 27.9 Å². The second-order valence-electron chi connectivity index (χ2n) is 10.0. The number of pyridine rings is 2. The van der Waals surface area contributed by atoms with Crippen LogP contribution >= 0.6 is 0 Å². The molecule has 1 saturated heterocycles. The first-order valence-electron chi connectivity index (χ1n) is 12.1. The largest absolute Gasteiger partial charge is 0.408 e. The number of aromatic nitrogens is 5. The Hall–Kier alpha value is -3.61. The van der Waals surface area contributed by atoms with E-state index in [9.17, 15) is 31.9 Å². The number of halogens is 5. The summed E-state index contributed by atoms with van der Waals surface area (Å²) in [5, 5.41) is 14.6. The number of hydrogen-bond acceptors (Lipinski definition) is 5. The van der Waals surface area contributed by atoms with Crippen LogP contribution < -0.4 is 0 Å². The Balaban J connectivity index is 1.57. The van der Waals surface area contributed by atoms with Gasteiger partial charge in [-0.25, -0.2) is 13.8 Å². The molecule has 0 aliphatic carbocycles. The molecule has 1 fully saturated rings. The number of hydrogen-bond donors (Lipinski definition) is 1. The second-order valence-corrected chi connectivity index (χ2v) is 10.0. The lowest BCUT2D eigenvalue weighted by Crippen LogP contribution is -2.46. The highest BCUT2D eigenvalue weighted by atomic mass is 19.4. The van der Waals surface area contributed by atoms with Crippen molar-refractivity contribution in [3.8, 4) is 11.4 Å². The Morgan fingerprint density at radius 1 is 1.18 bits per heavy atom. The van der Waals surface area contributed by atoms with Gasteiger partial charge in [0.1, 0.15) is 23.7 Å². The van der Waals surface area contributed by atoms with Crippen LogP contribution in [-0.2, 0) is 6.54 Å². The highest BCUT2D eigenvalue weighted by molar-refractivity contribution is 5.99. The number of imidazole rings is 1. The maximum absolute atomic E-state index is 14.2. The third-order valence-electron chi connectivity index (χ3n) is 6.71. The van der Waals surface area contributed by atoms with E-state index < -0.39 is 36.4 Å². The van der Waals surface area contributed by atoms with Crippen molar-refractivity contribution < 1.29 is 31.9 Å². The van der Waals surface area contributed by atoms with Gasteiger partial charge in [-0.2, -0.15) is 18.3 Å². The maximum Gasteiger partial charge on any atom is 0.408 e. The van der Waals surface area contributed by atoms with Gasteiger partial charge in [-0.15, -0.1) is 0 Å². The highest BCUT2D eigenvalue weighted by Crippen LogP contribution is 2.32. The van der Waals surface area contributed by atoms with Gasteiger partial charge in [0.25, 0.3) is 5.91 Å². The average Bonchev–Trinajstić information content (AvgIpc) is 3.40. The van der Waals surface area contributed by atoms with Gasteiger partial charge >= 0.3 is 6.18 Å². The number of aliphatic hydroxyl groups is 1. The lowest BCUT2D eigenvalue weighted by atomic mass is 9.87. The van der Waals surface area contributed by atoms with Gasteiger partial charge in [0, 0.05) is 42.9 Å². The first kappa shape index (κ1) is 26.0. The van der Waals surface area contributed by atoms with E-state index in [-0.39, 0.29) is 39.5 Å². The fraction of sp³-hybridized carbons (Fsp3) is 0.440. The monoisotopic (exact) mass is 536 g/mol. The third kappa shape index (κ3) is 4.94. The standard InChI is InChI=1S/C25H25F5N6O2/c1-13(2)5-14-10-34(4-3-21(14)37)24(38)18-7-19-16(8-31-18)22(33-36(19)12-25(28,29)30)20-9-32-23-17(27)6-15(26)11-35(20)23/h6-9,11,13-14,21,37H,3-5,10,12H2,1-2H3. The Bertz CT molecular complexity index is 1510. The summed E-state index contributed by atoms with van der Waals surface area (Å²) < 4.78 is 70.1. The number of fused-ring (bicyclic) bond motifs is 2. The number of carbonyl (C=O) groups excluding carboxylic acids is 1. The van der Waals surface area contributed by atoms with Crippen LogP contribution in [0.4, 0.5) is 22.0 Å². The maximum atomic E-state index is 14.2. The molecule has 8 nitrogen and oxygen atoms in total. The fourth-order valence-electron chi connectivity index (χ4n) is 5.06. The first-order chi connectivity index (χ1) is 17.9. The molecule has 5 heterocycles. The van der Waals surface area contributed by atoms with Crippen molar-refractivity contribution in [3.63, 3.8) is 0 Å². The lowest BCUT2D eigenvalue weighted by molar-refractivity contribution is -0.141. The SMILES string of the molecule is CC(C)CC1CN(C(=O)c2cc3c(cn2)c(-c2cnc4c(F)cc(F)cn24)nn3CC(F)(F)F)CCC1O. The molecule has 4 aromatic rings. The number of alkyl halides is 3. The summed E-state index contributed by atoms with van der Waals surface area (Å²) in [6, 6.07) is 1.89. The van der Waals surface area contributed by atoms with Gasteiger partial charge in [0.2, 0.25) is 0 Å². The van der Waals surface area contributed by atoms with E-state index in [1.807, 2.05) is 13.8 Å². The van der Waals surface area contributed by atoms with Crippen molar-refractivity contribution in [2.75, 3.05) is 13.1 Å². The van der Waals surface area contributed by atoms with Crippen molar-refractivity contribution in [2.24, 2.45) is 11.8 Å². The predicted octanol–water partition coefficient (Wildman–Crippen LogP) is 4.46. The average molecular weight is 537 g/mol. The number of nitrogens with zero attached hydrogens (tertiary/aromatic N) is 6. The molecule has 2 atom stereocenters. The van der Waals surface area contributed by atoms with E-state index >= 15 is 0 Å². The van der Waals surface area contributed by atoms with Gasteiger partial charge in [-0.3, -0.25) is 18.9 Å². The fourth-order valence-corrected chi connectivity index (χ4v) is 5.06. The van der Waals surface area contributed by atoms with E-state index in [2.05, 4.69) is 15.1 Å². The topological polar surface area (TPSA) is 88.5 Å². The number of carbonyl (C=O) groups is 1. The highest BCUT2D eigenvalue weighted by Gasteiger charge is 2.33. The molecule has 13 heteroatoms. The lowest BCUT2D eigenvalue weighted by Gasteiger charge is -2.36. The van der Waals surface area contributed by atoms with E-state index in [0.717, 1.165) is 17.0 Å². The van der Waals surface area contributed by atoms with Crippen LogP contribution in [0.2, 0.25) is 0 Å². The summed E-state index contributed by atoms with van der Waals surface area (Å²) in [5.74, 6) is -2.11. The minimum atomic E-state index is -4.63. The molecule has 2 unspecified atom stereocenters. The van der Waals surface area contributed by atoms with Gasteiger partial charge in [-0.05, 0) is 24.8 Å². The molecule has 1 amide bonds. The molecular formula is C25H25F5N6O2. The minimum absolute atomic E-state index is 0.0155. The van der Waals surface area contributed by atoms with Crippen LogP contribution in [0.15, 0.2) is 30.7 Å². The third-order valence-corrected chi connectivity index (χ3v) is 6.71. The van der Waals surface area contributed by atoms with Crippen LogP contribution in [0, 0.1) is 23.5 Å². The summed E-state index contributed by atoms with van der Waals surface area (Å²) in [7, 11) is 0. The Morgan fingerprint density at radius 2 is 1.95 bits per heavy atom. The molecule has 0 radical (unpaired) electrons. The minimum Gasteiger partial charge on any atom is -0.393 e. The summed E-state index contributed by atoms with van der Waals surface area (Å²) in [6.45, 7) is 3.20. The zero-order valence-corrected chi connectivity index (χ0v) is 20.6. The van der Waals surface area contributed by atoms with Crippen LogP contribution in [0.5, 0.6) is 0 Å². The summed E-state index contributed by atoms with van der Waals surface area (Å²) in [5.41, 5.74) is -0.262. The number of aliphatic hydroxyl groups excluding tert-OH is 1. The molecule has 0 saturated carbocycles. The number of amides is 1. The Kier molecular flexibility index (Phi) is 6.58. The summed E-state index contributed by atoms with van der Waals surface area (Å²) >= 11 is 0. The quantitative estimate of drug-likeness (QED) is 0.381. The van der Waals surface area contributed by atoms with Crippen molar-refractivity contribution in [1.29, 1.82) is 0 Å². The predicted molar refractivity (Wildman–Crippen MR) is 127 cm³/mol. The molecule has 0 bridgehead atoms. The molecular weight excluding hydrogens is 511 g/mol. The molecule has 0 spiro atoms. The number of rotatable bonds is 5. The molecule has 1 aliphatic heterocycles. The van der Waals surface area contributed by atoms with E-state index in [1.165, 1.54) is 18.5 Å². The van der Waals surface area contributed by atoms with Gasteiger partial charge in [0.05, 0.1) is 23.5 Å². The Morgan fingerprint density at radius 3 is 2.66 bits per heavy atom. The normalized spacial score (nSPS) is 18.7. The van der Waals surface area contributed by atoms with Gasteiger partial charge < -0.3 is 10.0 Å². The molecule has 38 heavy (non-hydrogen) atoms. The second kappa shape index (κ2) is 9.61. The molecule has 1 aliphatic rings. The molecule has 4 aromatic heterocycles. The van der Waals surface area contributed by atoms with E-state index in [1.54, 1.807) is 4.90 Å². The molecule has 202 valence electrons. The number of piperidine rings is 1. The molecule has 1 N–H and O–H groups in total. The van der Waals surface area contributed by atoms with Crippen LogP contribution in [0.1, 0.15) is 37.2 Å².